The number of hydrogen-bond acceptors (Lipinski definition) is 4. The fourth-order valence-corrected chi connectivity index (χ4v) is 3.26. The van der Waals surface area contributed by atoms with Gasteiger partial charge < -0.3 is 10.2 Å². The number of para-hydroxylation sites is 1. The van der Waals surface area contributed by atoms with Crippen molar-refractivity contribution >= 4 is 27.9 Å². The first-order valence-electron chi connectivity index (χ1n) is 7.49. The number of likely N-dealkylation sites (N-methyl/N-ethyl adjacent to an activating group) is 1. The number of nitrogens with zero attached hydrogens (tertiary/aromatic N) is 2. The van der Waals surface area contributed by atoms with Gasteiger partial charge in [0.15, 0.2) is 0 Å². The van der Waals surface area contributed by atoms with Crippen molar-refractivity contribution in [3.05, 3.63) is 47.3 Å². The number of nitrogens with one attached hydrogen (secondary N) is 1. The minimum atomic E-state index is 0.921. The monoisotopic (exact) mass is 311 g/mol. The van der Waals surface area contributed by atoms with Gasteiger partial charge in [0.2, 0.25) is 0 Å². The third-order valence-corrected chi connectivity index (χ3v) is 4.61. The Hall–Kier alpha value is -1.91. The van der Waals surface area contributed by atoms with Crippen molar-refractivity contribution in [1.82, 2.24) is 9.88 Å². The summed E-state index contributed by atoms with van der Waals surface area (Å²) in [6, 6.07) is 14.8. The molecule has 2 heterocycles. The molecule has 114 valence electrons. The summed E-state index contributed by atoms with van der Waals surface area (Å²) in [7, 11) is 4.18. The van der Waals surface area contributed by atoms with Gasteiger partial charge in [-0.05, 0) is 45.3 Å². The number of fused-ring (bicyclic) bond motifs is 1. The van der Waals surface area contributed by atoms with Crippen molar-refractivity contribution in [1.29, 1.82) is 0 Å². The van der Waals surface area contributed by atoms with Gasteiger partial charge in [0.25, 0.3) is 0 Å². The van der Waals surface area contributed by atoms with Crippen molar-refractivity contribution in [2.24, 2.45) is 0 Å². The predicted octanol–water partition coefficient (Wildman–Crippen LogP) is 4.25. The first-order chi connectivity index (χ1) is 10.6. The Morgan fingerprint density at radius 1 is 1.14 bits per heavy atom. The number of benzene rings is 1. The summed E-state index contributed by atoms with van der Waals surface area (Å²) >= 11 is 1.79. The molecule has 0 amide bonds. The molecule has 0 aliphatic carbocycles. The van der Waals surface area contributed by atoms with E-state index in [4.69, 9.17) is 4.98 Å². The third kappa shape index (κ3) is 3.29. The van der Waals surface area contributed by atoms with Gasteiger partial charge in [-0.3, -0.25) is 0 Å². The zero-order chi connectivity index (χ0) is 15.5. The van der Waals surface area contributed by atoms with E-state index in [1.165, 1.54) is 15.1 Å². The zero-order valence-electron chi connectivity index (χ0n) is 13.3. The van der Waals surface area contributed by atoms with Gasteiger partial charge in [-0.25, -0.2) is 4.98 Å². The molecule has 0 spiro atoms. The van der Waals surface area contributed by atoms with Crippen molar-refractivity contribution in [2.45, 2.75) is 6.92 Å². The molecular weight excluding hydrogens is 290 g/mol. The second-order valence-corrected chi connectivity index (χ2v) is 7.00. The summed E-state index contributed by atoms with van der Waals surface area (Å²) < 4.78 is 0. The van der Waals surface area contributed by atoms with E-state index in [2.05, 4.69) is 67.6 Å². The van der Waals surface area contributed by atoms with Crippen molar-refractivity contribution < 1.29 is 0 Å². The highest BCUT2D eigenvalue weighted by atomic mass is 32.1. The maximum Gasteiger partial charge on any atom is 0.0830 e. The third-order valence-electron chi connectivity index (χ3n) is 3.58. The first-order valence-corrected chi connectivity index (χ1v) is 8.30. The minimum Gasteiger partial charge on any atom is -0.383 e. The lowest BCUT2D eigenvalue weighted by atomic mass is 10.1. The van der Waals surface area contributed by atoms with Crippen LogP contribution in [0.2, 0.25) is 0 Å². The Morgan fingerprint density at radius 3 is 2.68 bits per heavy atom. The van der Waals surface area contributed by atoms with Gasteiger partial charge in [0.1, 0.15) is 0 Å². The van der Waals surface area contributed by atoms with Crippen LogP contribution in [0, 0.1) is 6.92 Å². The van der Waals surface area contributed by atoms with Gasteiger partial charge in [-0.1, -0.05) is 18.2 Å². The van der Waals surface area contributed by atoms with Gasteiger partial charge in [-0.15, -0.1) is 11.3 Å². The Kier molecular flexibility index (Phi) is 4.41. The minimum absolute atomic E-state index is 0.921. The first kappa shape index (κ1) is 15.0. The summed E-state index contributed by atoms with van der Waals surface area (Å²) in [6.45, 7) is 4.06. The molecule has 2 aromatic heterocycles. The van der Waals surface area contributed by atoms with Crippen LogP contribution in [-0.4, -0.2) is 37.1 Å². The molecule has 3 nitrogen and oxygen atoms in total. The van der Waals surface area contributed by atoms with E-state index in [0.717, 1.165) is 30.0 Å². The number of thiophene rings is 1. The maximum absolute atomic E-state index is 4.82. The summed E-state index contributed by atoms with van der Waals surface area (Å²) in [4.78, 5) is 9.54. The van der Waals surface area contributed by atoms with Crippen molar-refractivity contribution in [3.8, 4) is 10.6 Å². The lowest BCUT2D eigenvalue weighted by molar-refractivity contribution is 0.425. The molecule has 3 aromatic rings. The SMILES string of the molecule is Cc1ccc(-c2cc(NCCN(C)C)c3ccccc3n2)s1. The Morgan fingerprint density at radius 2 is 1.95 bits per heavy atom. The fraction of sp³-hybridized carbons (Fsp3) is 0.278. The van der Waals surface area contributed by atoms with Crippen LogP contribution in [0.15, 0.2) is 42.5 Å². The Labute approximate surface area is 135 Å². The molecule has 0 aliphatic rings. The fourth-order valence-electron chi connectivity index (χ4n) is 2.43. The van der Waals surface area contributed by atoms with Gasteiger partial charge in [0.05, 0.1) is 16.1 Å². The Bertz CT molecular complexity index is 777. The average Bonchev–Trinajstić information content (AvgIpc) is 2.93. The molecule has 1 aromatic carbocycles. The summed E-state index contributed by atoms with van der Waals surface area (Å²) in [5.41, 5.74) is 3.25. The lowest BCUT2D eigenvalue weighted by Crippen LogP contribution is -2.20. The smallest absolute Gasteiger partial charge is 0.0830 e. The van der Waals surface area contributed by atoms with E-state index in [9.17, 15) is 0 Å². The Balaban J connectivity index is 2.00. The van der Waals surface area contributed by atoms with Crippen LogP contribution in [0.4, 0.5) is 5.69 Å². The van der Waals surface area contributed by atoms with Gasteiger partial charge in [-0.2, -0.15) is 0 Å². The van der Waals surface area contributed by atoms with Crippen molar-refractivity contribution in [3.63, 3.8) is 0 Å². The number of anilines is 1. The normalized spacial score (nSPS) is 11.3. The summed E-state index contributed by atoms with van der Waals surface area (Å²) in [6.07, 6.45) is 0. The largest absolute Gasteiger partial charge is 0.383 e. The maximum atomic E-state index is 4.82. The molecule has 0 saturated heterocycles. The van der Waals surface area contributed by atoms with E-state index in [0.29, 0.717) is 0 Å². The van der Waals surface area contributed by atoms with Crippen LogP contribution in [0.5, 0.6) is 0 Å². The molecule has 0 aliphatic heterocycles. The van der Waals surface area contributed by atoms with E-state index in [-0.39, 0.29) is 0 Å². The van der Waals surface area contributed by atoms with Crippen molar-refractivity contribution in [2.75, 3.05) is 32.5 Å². The predicted molar refractivity (Wildman–Crippen MR) is 96.8 cm³/mol. The van der Waals surface area contributed by atoms with E-state index in [1.54, 1.807) is 11.3 Å². The van der Waals surface area contributed by atoms with Crippen LogP contribution >= 0.6 is 11.3 Å². The summed E-state index contributed by atoms with van der Waals surface area (Å²) in [5, 5.41) is 4.74. The highest BCUT2D eigenvalue weighted by molar-refractivity contribution is 7.15. The molecule has 0 atom stereocenters. The molecule has 0 fully saturated rings. The number of aromatic nitrogens is 1. The van der Waals surface area contributed by atoms with Gasteiger partial charge >= 0.3 is 0 Å². The highest BCUT2D eigenvalue weighted by Gasteiger charge is 2.08. The molecular formula is C18H21N3S. The van der Waals surface area contributed by atoms with E-state index < -0.39 is 0 Å². The van der Waals surface area contributed by atoms with Crippen LogP contribution in [0.1, 0.15) is 4.88 Å². The molecule has 22 heavy (non-hydrogen) atoms. The highest BCUT2D eigenvalue weighted by Crippen LogP contribution is 2.31. The average molecular weight is 311 g/mol. The second-order valence-electron chi connectivity index (χ2n) is 5.71. The standard InChI is InChI=1S/C18H21N3S/c1-13-8-9-18(22-13)17-12-16(19-10-11-21(2)3)14-6-4-5-7-15(14)20-17/h4-9,12H,10-11H2,1-3H3,(H,19,20). The zero-order valence-corrected chi connectivity index (χ0v) is 14.1. The lowest BCUT2D eigenvalue weighted by Gasteiger charge is -2.14. The van der Waals surface area contributed by atoms with Gasteiger partial charge in [0, 0.05) is 29.0 Å². The van der Waals surface area contributed by atoms with E-state index >= 15 is 0 Å². The molecule has 0 radical (unpaired) electrons. The molecule has 0 bridgehead atoms. The number of hydrogen-bond donors (Lipinski definition) is 1. The molecule has 4 heteroatoms. The number of rotatable bonds is 5. The number of pyridine rings is 1. The van der Waals surface area contributed by atoms with Crippen LogP contribution in [-0.2, 0) is 0 Å². The summed E-state index contributed by atoms with van der Waals surface area (Å²) in [5.74, 6) is 0. The molecule has 3 rings (SSSR count). The molecule has 0 unspecified atom stereocenters. The molecule has 0 saturated carbocycles. The topological polar surface area (TPSA) is 28.2 Å². The quantitative estimate of drug-likeness (QED) is 0.763. The van der Waals surface area contributed by atoms with Crippen LogP contribution < -0.4 is 5.32 Å². The van der Waals surface area contributed by atoms with Crippen LogP contribution in [0.3, 0.4) is 0 Å². The second kappa shape index (κ2) is 6.46. The molecule has 1 N–H and O–H groups in total. The van der Waals surface area contributed by atoms with E-state index in [1.807, 2.05) is 6.07 Å². The number of aryl methyl sites for hydroxylation is 1. The van der Waals surface area contributed by atoms with Crippen LogP contribution in [0.25, 0.3) is 21.5 Å².